The second kappa shape index (κ2) is 6.76. The Labute approximate surface area is 134 Å². The zero-order valence-corrected chi connectivity index (χ0v) is 13.1. The van der Waals surface area contributed by atoms with E-state index in [1.54, 1.807) is 6.07 Å². The molecule has 1 N–H and O–H groups in total. The summed E-state index contributed by atoms with van der Waals surface area (Å²) in [6, 6.07) is 4.92. The first-order valence-electron chi connectivity index (χ1n) is 7.74. The van der Waals surface area contributed by atoms with Crippen molar-refractivity contribution >= 4 is 11.6 Å². The zero-order chi connectivity index (χ0) is 16.2. The molecule has 7 heteroatoms. The summed E-state index contributed by atoms with van der Waals surface area (Å²) < 4.78 is 14.8. The molecule has 3 rings (SSSR count). The normalized spacial score (nSPS) is 18.0. The predicted octanol–water partition coefficient (Wildman–Crippen LogP) is 1.51. The Balaban J connectivity index is 1.60. The molecular weight excluding hydrogens is 297 g/mol. The van der Waals surface area contributed by atoms with Crippen molar-refractivity contribution < 1.29 is 9.18 Å². The number of aryl methyl sites for hydroxylation is 1. The summed E-state index contributed by atoms with van der Waals surface area (Å²) in [6.45, 7) is 3.73. The standard InChI is InChI=1S/C16H20FN5O/c1-12-7-13(17)4-5-15(12)21-6-2-3-14(8-21)20-16(23)9-22-11-18-10-19-22/h4-5,7,10-11,14H,2-3,6,8-9H2,1H3,(H,20,23)/t14-/m1/s1. The van der Waals surface area contributed by atoms with Gasteiger partial charge in [-0.1, -0.05) is 0 Å². The molecule has 1 aliphatic heterocycles. The Bertz CT molecular complexity index is 673. The molecule has 2 heterocycles. The van der Waals surface area contributed by atoms with E-state index in [2.05, 4.69) is 20.3 Å². The van der Waals surface area contributed by atoms with Gasteiger partial charge in [0.15, 0.2) is 0 Å². The largest absolute Gasteiger partial charge is 0.369 e. The van der Waals surface area contributed by atoms with Crippen molar-refractivity contribution in [2.24, 2.45) is 0 Å². The number of carbonyl (C=O) groups is 1. The number of piperidine rings is 1. The van der Waals surface area contributed by atoms with Crippen LogP contribution in [-0.2, 0) is 11.3 Å². The number of anilines is 1. The lowest BCUT2D eigenvalue weighted by Gasteiger charge is -2.35. The molecule has 1 amide bonds. The van der Waals surface area contributed by atoms with Crippen LogP contribution in [0.3, 0.4) is 0 Å². The van der Waals surface area contributed by atoms with Gasteiger partial charge in [0.25, 0.3) is 0 Å². The van der Waals surface area contributed by atoms with E-state index in [9.17, 15) is 9.18 Å². The quantitative estimate of drug-likeness (QED) is 0.928. The van der Waals surface area contributed by atoms with E-state index in [0.717, 1.165) is 37.2 Å². The number of hydrogen-bond acceptors (Lipinski definition) is 4. The van der Waals surface area contributed by atoms with Crippen LogP contribution in [0.15, 0.2) is 30.9 Å². The van der Waals surface area contributed by atoms with Gasteiger partial charge in [-0.2, -0.15) is 5.10 Å². The SMILES string of the molecule is Cc1cc(F)ccc1N1CCC[C@@H](NC(=O)Cn2cncn2)C1. The molecule has 6 nitrogen and oxygen atoms in total. The number of rotatable bonds is 4. The van der Waals surface area contributed by atoms with Crippen LogP contribution < -0.4 is 10.2 Å². The van der Waals surface area contributed by atoms with E-state index >= 15 is 0 Å². The fourth-order valence-corrected chi connectivity index (χ4v) is 3.02. The van der Waals surface area contributed by atoms with Crippen LogP contribution >= 0.6 is 0 Å². The van der Waals surface area contributed by atoms with E-state index in [0.29, 0.717) is 0 Å². The smallest absolute Gasteiger partial charge is 0.242 e. The van der Waals surface area contributed by atoms with Crippen molar-refractivity contribution in [2.45, 2.75) is 32.4 Å². The van der Waals surface area contributed by atoms with Crippen molar-refractivity contribution in [1.29, 1.82) is 0 Å². The first-order chi connectivity index (χ1) is 11.1. The van der Waals surface area contributed by atoms with Crippen molar-refractivity contribution in [3.63, 3.8) is 0 Å². The summed E-state index contributed by atoms with van der Waals surface area (Å²) in [4.78, 5) is 18.1. The summed E-state index contributed by atoms with van der Waals surface area (Å²) in [5.74, 6) is -0.292. The molecule has 2 aromatic rings. The van der Waals surface area contributed by atoms with Crippen LogP contribution in [0, 0.1) is 12.7 Å². The molecule has 1 aromatic heterocycles. The van der Waals surface area contributed by atoms with Crippen LogP contribution in [-0.4, -0.2) is 39.8 Å². The first kappa shape index (κ1) is 15.5. The zero-order valence-electron chi connectivity index (χ0n) is 13.1. The third kappa shape index (κ3) is 3.85. The molecule has 1 saturated heterocycles. The molecule has 1 aromatic carbocycles. The number of carbonyl (C=O) groups excluding carboxylic acids is 1. The van der Waals surface area contributed by atoms with Gasteiger partial charge in [0, 0.05) is 24.8 Å². The lowest BCUT2D eigenvalue weighted by atomic mass is 10.0. The molecule has 23 heavy (non-hydrogen) atoms. The molecule has 0 bridgehead atoms. The second-order valence-corrected chi connectivity index (χ2v) is 5.88. The average Bonchev–Trinajstić information content (AvgIpc) is 3.00. The minimum absolute atomic E-state index is 0.0711. The van der Waals surface area contributed by atoms with E-state index in [-0.39, 0.29) is 24.3 Å². The Morgan fingerprint density at radius 3 is 3.09 bits per heavy atom. The maximum atomic E-state index is 13.3. The molecule has 0 radical (unpaired) electrons. The second-order valence-electron chi connectivity index (χ2n) is 5.88. The summed E-state index contributed by atoms with van der Waals surface area (Å²) >= 11 is 0. The van der Waals surface area contributed by atoms with E-state index in [1.165, 1.54) is 23.4 Å². The van der Waals surface area contributed by atoms with Crippen LogP contribution in [0.1, 0.15) is 18.4 Å². The third-order valence-electron chi connectivity index (χ3n) is 4.06. The summed E-state index contributed by atoms with van der Waals surface area (Å²) in [7, 11) is 0. The van der Waals surface area contributed by atoms with Crippen LogP contribution in [0.25, 0.3) is 0 Å². The van der Waals surface area contributed by atoms with Gasteiger partial charge in [-0.15, -0.1) is 0 Å². The Kier molecular flexibility index (Phi) is 4.55. The van der Waals surface area contributed by atoms with E-state index in [4.69, 9.17) is 0 Å². The summed E-state index contributed by atoms with van der Waals surface area (Å²) in [5, 5.41) is 6.97. The number of nitrogens with one attached hydrogen (secondary N) is 1. The van der Waals surface area contributed by atoms with Gasteiger partial charge in [-0.05, 0) is 43.5 Å². The number of benzene rings is 1. The average molecular weight is 317 g/mol. The third-order valence-corrected chi connectivity index (χ3v) is 4.06. The number of hydrogen-bond donors (Lipinski definition) is 1. The summed E-state index contributed by atoms with van der Waals surface area (Å²) in [6.07, 6.45) is 4.87. The first-order valence-corrected chi connectivity index (χ1v) is 7.74. The molecular formula is C16H20FN5O. The molecule has 1 fully saturated rings. The fraction of sp³-hybridized carbons (Fsp3) is 0.438. The molecule has 0 aliphatic carbocycles. The lowest BCUT2D eigenvalue weighted by molar-refractivity contribution is -0.122. The maximum Gasteiger partial charge on any atom is 0.242 e. The highest BCUT2D eigenvalue weighted by atomic mass is 19.1. The van der Waals surface area contributed by atoms with Gasteiger partial charge < -0.3 is 10.2 Å². The van der Waals surface area contributed by atoms with Gasteiger partial charge in [0.1, 0.15) is 25.0 Å². The minimum Gasteiger partial charge on any atom is -0.369 e. The molecule has 0 saturated carbocycles. The highest BCUT2D eigenvalue weighted by Crippen LogP contribution is 2.24. The van der Waals surface area contributed by atoms with E-state index in [1.807, 2.05) is 13.0 Å². The lowest BCUT2D eigenvalue weighted by Crippen LogP contribution is -2.48. The Morgan fingerprint density at radius 1 is 1.48 bits per heavy atom. The van der Waals surface area contributed by atoms with Gasteiger partial charge in [-0.3, -0.25) is 4.79 Å². The van der Waals surface area contributed by atoms with Crippen molar-refractivity contribution in [1.82, 2.24) is 20.1 Å². The van der Waals surface area contributed by atoms with Crippen LogP contribution in [0.4, 0.5) is 10.1 Å². The summed E-state index contributed by atoms with van der Waals surface area (Å²) in [5.41, 5.74) is 1.95. The number of halogens is 1. The van der Waals surface area contributed by atoms with Gasteiger partial charge >= 0.3 is 0 Å². The molecule has 1 aliphatic rings. The maximum absolute atomic E-state index is 13.3. The molecule has 0 unspecified atom stereocenters. The fourth-order valence-electron chi connectivity index (χ4n) is 3.02. The van der Waals surface area contributed by atoms with Crippen molar-refractivity contribution in [3.8, 4) is 0 Å². The van der Waals surface area contributed by atoms with Gasteiger partial charge in [-0.25, -0.2) is 14.1 Å². The minimum atomic E-state index is -0.221. The van der Waals surface area contributed by atoms with Crippen molar-refractivity contribution in [2.75, 3.05) is 18.0 Å². The Hall–Kier alpha value is -2.44. The highest BCUT2D eigenvalue weighted by Gasteiger charge is 2.22. The van der Waals surface area contributed by atoms with Crippen molar-refractivity contribution in [3.05, 3.63) is 42.2 Å². The molecule has 0 spiro atoms. The van der Waals surface area contributed by atoms with E-state index < -0.39 is 0 Å². The number of amides is 1. The molecule has 122 valence electrons. The highest BCUT2D eigenvalue weighted by molar-refractivity contribution is 5.76. The van der Waals surface area contributed by atoms with Crippen LogP contribution in [0.2, 0.25) is 0 Å². The Morgan fingerprint density at radius 2 is 2.35 bits per heavy atom. The number of nitrogens with zero attached hydrogens (tertiary/aromatic N) is 4. The van der Waals surface area contributed by atoms with Gasteiger partial charge in [0.2, 0.25) is 5.91 Å². The van der Waals surface area contributed by atoms with Crippen LogP contribution in [0.5, 0.6) is 0 Å². The monoisotopic (exact) mass is 317 g/mol. The predicted molar refractivity (Wildman–Crippen MR) is 84.5 cm³/mol. The number of aromatic nitrogens is 3. The topological polar surface area (TPSA) is 63.1 Å². The van der Waals surface area contributed by atoms with Gasteiger partial charge in [0.05, 0.1) is 0 Å². The molecule has 1 atom stereocenters.